The lowest BCUT2D eigenvalue weighted by atomic mass is 10.1. The summed E-state index contributed by atoms with van der Waals surface area (Å²) in [6, 6.07) is 14.1. The Balaban J connectivity index is 1.98. The highest BCUT2D eigenvalue weighted by Gasteiger charge is 2.10. The molecule has 2 aromatic rings. The quantitative estimate of drug-likeness (QED) is 0.763. The molecule has 0 bridgehead atoms. The molecule has 0 aromatic heterocycles. The van der Waals surface area contributed by atoms with Crippen molar-refractivity contribution in [1.29, 1.82) is 0 Å². The second kappa shape index (κ2) is 7.84. The Kier molecular flexibility index (Phi) is 5.57. The summed E-state index contributed by atoms with van der Waals surface area (Å²) in [5.74, 6) is 0.243. The summed E-state index contributed by atoms with van der Waals surface area (Å²) in [5, 5.41) is 8.31. The van der Waals surface area contributed by atoms with E-state index in [0.29, 0.717) is 22.7 Å². The van der Waals surface area contributed by atoms with E-state index in [4.69, 9.17) is 4.74 Å². The van der Waals surface area contributed by atoms with Gasteiger partial charge >= 0.3 is 0 Å². The van der Waals surface area contributed by atoms with Gasteiger partial charge < -0.3 is 20.7 Å². The maximum absolute atomic E-state index is 12.0. The summed E-state index contributed by atoms with van der Waals surface area (Å²) in [6.07, 6.45) is 0. The van der Waals surface area contributed by atoms with Crippen LogP contribution in [0.1, 0.15) is 10.4 Å². The second-order valence-corrected chi connectivity index (χ2v) is 4.76. The molecule has 0 unspecified atom stereocenters. The molecule has 0 saturated carbocycles. The summed E-state index contributed by atoms with van der Waals surface area (Å²) in [7, 11) is 3.13. The van der Waals surface area contributed by atoms with Crippen molar-refractivity contribution in [3.8, 4) is 5.75 Å². The van der Waals surface area contributed by atoms with Crippen LogP contribution in [0.15, 0.2) is 48.5 Å². The molecule has 2 rings (SSSR count). The Hall–Kier alpha value is -3.02. The zero-order valence-corrected chi connectivity index (χ0v) is 13.1. The highest BCUT2D eigenvalue weighted by Crippen LogP contribution is 2.17. The number of carbonyl (C=O) groups is 2. The number of ether oxygens (including phenoxy) is 1. The predicted molar refractivity (Wildman–Crippen MR) is 89.9 cm³/mol. The SMILES string of the molecule is CNC(=O)c1ccccc1NCC(=O)Nc1cccc(OC)c1. The smallest absolute Gasteiger partial charge is 0.253 e. The van der Waals surface area contributed by atoms with Crippen LogP contribution in [0.5, 0.6) is 5.75 Å². The lowest BCUT2D eigenvalue weighted by Crippen LogP contribution is -2.24. The van der Waals surface area contributed by atoms with Crippen LogP contribution in [0, 0.1) is 0 Å². The molecule has 2 aromatic carbocycles. The molecule has 2 amide bonds. The first-order valence-corrected chi connectivity index (χ1v) is 7.13. The summed E-state index contributed by atoms with van der Waals surface area (Å²) >= 11 is 0. The van der Waals surface area contributed by atoms with Gasteiger partial charge in [0, 0.05) is 24.5 Å². The molecular formula is C17H19N3O3. The Morgan fingerprint density at radius 3 is 2.61 bits per heavy atom. The van der Waals surface area contributed by atoms with Gasteiger partial charge in [-0.05, 0) is 24.3 Å². The van der Waals surface area contributed by atoms with Crippen LogP contribution >= 0.6 is 0 Å². The first-order valence-electron chi connectivity index (χ1n) is 7.13. The third-order valence-corrected chi connectivity index (χ3v) is 3.19. The van der Waals surface area contributed by atoms with Crippen molar-refractivity contribution in [2.75, 3.05) is 31.3 Å². The lowest BCUT2D eigenvalue weighted by molar-refractivity contribution is -0.114. The van der Waals surface area contributed by atoms with E-state index in [-0.39, 0.29) is 18.4 Å². The molecular weight excluding hydrogens is 294 g/mol. The van der Waals surface area contributed by atoms with Crippen molar-refractivity contribution in [1.82, 2.24) is 5.32 Å². The van der Waals surface area contributed by atoms with E-state index in [0.717, 1.165) is 0 Å². The molecule has 0 aliphatic heterocycles. The molecule has 23 heavy (non-hydrogen) atoms. The molecule has 3 N–H and O–H groups in total. The van der Waals surface area contributed by atoms with Gasteiger partial charge in [0.15, 0.2) is 0 Å². The number of benzene rings is 2. The van der Waals surface area contributed by atoms with Crippen LogP contribution < -0.4 is 20.7 Å². The van der Waals surface area contributed by atoms with Gasteiger partial charge in [-0.1, -0.05) is 18.2 Å². The molecule has 0 heterocycles. The highest BCUT2D eigenvalue weighted by atomic mass is 16.5. The van der Waals surface area contributed by atoms with E-state index >= 15 is 0 Å². The molecule has 0 spiro atoms. The zero-order valence-electron chi connectivity index (χ0n) is 13.1. The zero-order chi connectivity index (χ0) is 16.7. The van der Waals surface area contributed by atoms with Gasteiger partial charge in [0.2, 0.25) is 5.91 Å². The number of rotatable bonds is 6. The van der Waals surface area contributed by atoms with Gasteiger partial charge in [0.05, 0.1) is 19.2 Å². The molecule has 120 valence electrons. The molecule has 0 aliphatic rings. The van der Waals surface area contributed by atoms with Crippen molar-refractivity contribution < 1.29 is 14.3 Å². The first-order chi connectivity index (χ1) is 11.1. The van der Waals surface area contributed by atoms with Gasteiger partial charge in [0.25, 0.3) is 5.91 Å². The number of hydrogen-bond donors (Lipinski definition) is 3. The van der Waals surface area contributed by atoms with E-state index in [2.05, 4.69) is 16.0 Å². The van der Waals surface area contributed by atoms with Crippen LogP contribution in [0.4, 0.5) is 11.4 Å². The van der Waals surface area contributed by atoms with Crippen molar-refractivity contribution in [3.63, 3.8) is 0 Å². The van der Waals surface area contributed by atoms with Crippen molar-refractivity contribution >= 4 is 23.2 Å². The highest BCUT2D eigenvalue weighted by molar-refractivity contribution is 6.00. The van der Waals surface area contributed by atoms with E-state index < -0.39 is 0 Å². The van der Waals surface area contributed by atoms with Crippen LogP contribution in [-0.2, 0) is 4.79 Å². The largest absolute Gasteiger partial charge is 0.497 e. The summed E-state index contributed by atoms with van der Waals surface area (Å²) in [5.41, 5.74) is 1.74. The number of nitrogens with one attached hydrogen (secondary N) is 3. The normalized spacial score (nSPS) is 9.83. The van der Waals surface area contributed by atoms with E-state index in [1.54, 1.807) is 62.7 Å². The van der Waals surface area contributed by atoms with E-state index in [1.165, 1.54) is 0 Å². The maximum atomic E-state index is 12.0. The predicted octanol–water partition coefficient (Wildman–Crippen LogP) is 2.11. The minimum Gasteiger partial charge on any atom is -0.497 e. The van der Waals surface area contributed by atoms with Crippen molar-refractivity contribution in [2.45, 2.75) is 0 Å². The second-order valence-electron chi connectivity index (χ2n) is 4.76. The molecule has 6 nitrogen and oxygen atoms in total. The standard InChI is InChI=1S/C17H19N3O3/c1-18-17(22)14-8-3-4-9-15(14)19-11-16(21)20-12-6-5-7-13(10-12)23-2/h3-10,19H,11H2,1-2H3,(H,18,22)(H,20,21). The Morgan fingerprint density at radius 1 is 1.09 bits per heavy atom. The number of anilines is 2. The number of methoxy groups -OCH3 is 1. The topological polar surface area (TPSA) is 79.5 Å². The third-order valence-electron chi connectivity index (χ3n) is 3.19. The molecule has 6 heteroatoms. The van der Waals surface area contributed by atoms with Crippen LogP contribution in [0.3, 0.4) is 0 Å². The van der Waals surface area contributed by atoms with Crippen molar-refractivity contribution in [3.05, 3.63) is 54.1 Å². The molecule has 0 saturated heterocycles. The van der Waals surface area contributed by atoms with Gasteiger partial charge in [-0.15, -0.1) is 0 Å². The van der Waals surface area contributed by atoms with Crippen molar-refractivity contribution in [2.24, 2.45) is 0 Å². The van der Waals surface area contributed by atoms with Crippen LogP contribution in [0.25, 0.3) is 0 Å². The summed E-state index contributed by atoms with van der Waals surface area (Å²) in [4.78, 5) is 23.8. The Bertz CT molecular complexity index is 701. The number of carbonyl (C=O) groups excluding carboxylic acids is 2. The van der Waals surface area contributed by atoms with Gasteiger partial charge in [-0.3, -0.25) is 9.59 Å². The molecule has 0 aliphatic carbocycles. The minimum absolute atomic E-state index is 0.0468. The fourth-order valence-electron chi connectivity index (χ4n) is 2.05. The number of hydrogen-bond acceptors (Lipinski definition) is 4. The lowest BCUT2D eigenvalue weighted by Gasteiger charge is -2.11. The monoisotopic (exact) mass is 313 g/mol. The number of para-hydroxylation sites is 1. The fourth-order valence-corrected chi connectivity index (χ4v) is 2.05. The molecule has 0 radical (unpaired) electrons. The van der Waals surface area contributed by atoms with E-state index in [9.17, 15) is 9.59 Å². The van der Waals surface area contributed by atoms with E-state index in [1.807, 2.05) is 0 Å². The Labute approximate surface area is 134 Å². The third kappa shape index (κ3) is 4.47. The minimum atomic E-state index is -0.218. The first kappa shape index (κ1) is 16.4. The number of amides is 2. The van der Waals surface area contributed by atoms with Gasteiger partial charge in [0.1, 0.15) is 5.75 Å². The summed E-state index contributed by atoms with van der Waals surface area (Å²) in [6.45, 7) is 0.0468. The van der Waals surface area contributed by atoms with Crippen LogP contribution in [0.2, 0.25) is 0 Å². The fraction of sp³-hybridized carbons (Fsp3) is 0.176. The van der Waals surface area contributed by atoms with Crippen LogP contribution in [-0.4, -0.2) is 32.5 Å². The van der Waals surface area contributed by atoms with Gasteiger partial charge in [-0.2, -0.15) is 0 Å². The Morgan fingerprint density at radius 2 is 1.87 bits per heavy atom. The maximum Gasteiger partial charge on any atom is 0.253 e. The average molecular weight is 313 g/mol. The molecule has 0 fully saturated rings. The van der Waals surface area contributed by atoms with Gasteiger partial charge in [-0.25, -0.2) is 0 Å². The average Bonchev–Trinajstić information content (AvgIpc) is 2.59. The molecule has 0 atom stereocenters. The summed E-state index contributed by atoms with van der Waals surface area (Å²) < 4.78 is 5.11.